The molecule has 0 radical (unpaired) electrons. The van der Waals surface area contributed by atoms with Gasteiger partial charge >= 0.3 is 17.9 Å². The van der Waals surface area contributed by atoms with Crippen molar-refractivity contribution in [3.05, 3.63) is 24.3 Å². The summed E-state index contributed by atoms with van der Waals surface area (Å²) in [5.41, 5.74) is 0. The summed E-state index contributed by atoms with van der Waals surface area (Å²) < 4.78 is 16.9. The summed E-state index contributed by atoms with van der Waals surface area (Å²) in [6.45, 7) is 6.64. The fraction of sp³-hybridized carbons (Fsp3) is 0.900. The normalized spacial score (nSPS) is 12.1. The summed E-state index contributed by atoms with van der Waals surface area (Å²) in [4.78, 5) is 38.1. The van der Waals surface area contributed by atoms with Crippen molar-refractivity contribution in [1.29, 1.82) is 0 Å². The van der Waals surface area contributed by atoms with Gasteiger partial charge in [0.1, 0.15) is 13.2 Å². The second kappa shape index (κ2) is 65.4. The fourth-order valence-electron chi connectivity index (χ4n) is 10.5. The smallest absolute Gasteiger partial charge is 0.306 e. The molecule has 1 atom stereocenters. The zero-order valence-electron chi connectivity index (χ0n) is 51.6. The van der Waals surface area contributed by atoms with Gasteiger partial charge in [-0.15, -0.1) is 0 Å². The van der Waals surface area contributed by atoms with Gasteiger partial charge in [-0.2, -0.15) is 0 Å². The molecule has 0 rings (SSSR count). The Hall–Kier alpha value is -2.11. The van der Waals surface area contributed by atoms with Crippen molar-refractivity contribution >= 4 is 17.9 Å². The van der Waals surface area contributed by atoms with E-state index in [9.17, 15) is 14.4 Å². The Bertz CT molecular complexity index is 1230. The lowest BCUT2D eigenvalue weighted by molar-refractivity contribution is -0.167. The maximum Gasteiger partial charge on any atom is 0.306 e. The average molecular weight is 1070 g/mol. The van der Waals surface area contributed by atoms with Gasteiger partial charge in [0.2, 0.25) is 0 Å². The van der Waals surface area contributed by atoms with Crippen LogP contribution in [0.5, 0.6) is 0 Å². The number of hydrogen-bond acceptors (Lipinski definition) is 6. The number of esters is 3. The highest BCUT2D eigenvalue weighted by atomic mass is 16.6. The first-order valence-corrected chi connectivity index (χ1v) is 34.3. The van der Waals surface area contributed by atoms with E-state index in [2.05, 4.69) is 45.1 Å². The summed E-state index contributed by atoms with van der Waals surface area (Å²) in [5, 5.41) is 0. The largest absolute Gasteiger partial charge is 0.462 e. The summed E-state index contributed by atoms with van der Waals surface area (Å²) in [5.74, 6) is -0.850. The molecular formula is C70H132O6. The Balaban J connectivity index is 3.99. The Labute approximate surface area is 474 Å². The molecule has 0 heterocycles. The first-order valence-electron chi connectivity index (χ1n) is 34.3. The Kier molecular flexibility index (Phi) is 63.6. The minimum Gasteiger partial charge on any atom is -0.462 e. The van der Waals surface area contributed by atoms with Gasteiger partial charge in [0, 0.05) is 19.3 Å². The van der Waals surface area contributed by atoms with Crippen LogP contribution in [0.4, 0.5) is 0 Å². The summed E-state index contributed by atoms with van der Waals surface area (Å²) >= 11 is 0. The molecular weight excluding hydrogens is 937 g/mol. The molecule has 0 aromatic heterocycles. The minimum atomic E-state index is -0.766. The molecule has 0 aliphatic rings. The molecule has 0 aromatic carbocycles. The quantitative estimate of drug-likeness (QED) is 0.0261. The predicted molar refractivity (Wildman–Crippen MR) is 330 cm³/mol. The predicted octanol–water partition coefficient (Wildman–Crippen LogP) is 23.4. The van der Waals surface area contributed by atoms with E-state index in [-0.39, 0.29) is 31.1 Å². The third kappa shape index (κ3) is 62.7. The molecule has 6 nitrogen and oxygen atoms in total. The molecule has 1 unspecified atom stereocenters. The lowest BCUT2D eigenvalue weighted by Crippen LogP contribution is -2.30. The van der Waals surface area contributed by atoms with Crippen LogP contribution in [0.15, 0.2) is 24.3 Å². The van der Waals surface area contributed by atoms with Gasteiger partial charge in [-0.05, 0) is 51.4 Å². The highest BCUT2D eigenvalue weighted by Crippen LogP contribution is 2.19. The van der Waals surface area contributed by atoms with Gasteiger partial charge in [0.25, 0.3) is 0 Å². The SMILES string of the molecule is CCCCCCC/C=C\C/C=C\CCCCCCCCCCCCCCCC(=O)OC(COC(=O)CCCCCCCC)COC(=O)CCCCCCCCCCCCCCCCCCCCCCCCCCCCC. The third-order valence-corrected chi connectivity index (χ3v) is 15.7. The summed E-state index contributed by atoms with van der Waals surface area (Å²) in [6.07, 6.45) is 79.6. The van der Waals surface area contributed by atoms with Crippen molar-refractivity contribution in [2.45, 2.75) is 393 Å². The molecule has 0 aromatic rings. The van der Waals surface area contributed by atoms with Crippen LogP contribution in [0, 0.1) is 0 Å². The topological polar surface area (TPSA) is 78.9 Å². The Morgan fingerprint density at radius 1 is 0.263 bits per heavy atom. The summed E-state index contributed by atoms with van der Waals surface area (Å²) in [6, 6.07) is 0. The van der Waals surface area contributed by atoms with Crippen molar-refractivity contribution in [2.75, 3.05) is 13.2 Å². The number of ether oxygens (including phenoxy) is 3. The van der Waals surface area contributed by atoms with Crippen LogP contribution in [0.3, 0.4) is 0 Å². The maximum atomic E-state index is 12.9. The molecule has 0 amide bonds. The van der Waals surface area contributed by atoms with Crippen molar-refractivity contribution in [3.63, 3.8) is 0 Å². The zero-order chi connectivity index (χ0) is 55.0. The van der Waals surface area contributed by atoms with Crippen LogP contribution in [0.2, 0.25) is 0 Å². The molecule has 0 fully saturated rings. The second-order valence-electron chi connectivity index (χ2n) is 23.5. The molecule has 0 bridgehead atoms. The number of hydrogen-bond donors (Lipinski definition) is 0. The number of carbonyl (C=O) groups is 3. The van der Waals surface area contributed by atoms with E-state index in [4.69, 9.17) is 14.2 Å². The van der Waals surface area contributed by atoms with Gasteiger partial charge in [-0.25, -0.2) is 0 Å². The lowest BCUT2D eigenvalue weighted by Gasteiger charge is -2.18. The van der Waals surface area contributed by atoms with E-state index in [0.29, 0.717) is 19.3 Å². The van der Waals surface area contributed by atoms with Crippen molar-refractivity contribution in [1.82, 2.24) is 0 Å². The number of carbonyl (C=O) groups excluding carboxylic acids is 3. The molecule has 448 valence electrons. The molecule has 0 saturated heterocycles. The van der Waals surface area contributed by atoms with Gasteiger partial charge in [-0.3, -0.25) is 14.4 Å². The first-order chi connectivity index (χ1) is 37.5. The van der Waals surface area contributed by atoms with Gasteiger partial charge in [0.05, 0.1) is 0 Å². The van der Waals surface area contributed by atoms with Crippen molar-refractivity contribution < 1.29 is 28.6 Å². The lowest BCUT2D eigenvalue weighted by atomic mass is 10.0. The molecule has 0 saturated carbocycles. The van der Waals surface area contributed by atoms with Gasteiger partial charge in [0.15, 0.2) is 6.10 Å². The number of unbranched alkanes of at least 4 members (excludes halogenated alkanes) is 49. The molecule has 6 heteroatoms. The van der Waals surface area contributed by atoms with E-state index in [1.807, 2.05) is 0 Å². The van der Waals surface area contributed by atoms with Gasteiger partial charge in [-0.1, -0.05) is 340 Å². The van der Waals surface area contributed by atoms with E-state index >= 15 is 0 Å². The Morgan fingerprint density at radius 3 is 0.724 bits per heavy atom. The van der Waals surface area contributed by atoms with Crippen LogP contribution in [-0.4, -0.2) is 37.2 Å². The minimum absolute atomic E-state index is 0.0658. The highest BCUT2D eigenvalue weighted by molar-refractivity contribution is 5.71. The van der Waals surface area contributed by atoms with Crippen molar-refractivity contribution in [2.24, 2.45) is 0 Å². The highest BCUT2D eigenvalue weighted by Gasteiger charge is 2.19. The second-order valence-corrected chi connectivity index (χ2v) is 23.5. The first kappa shape index (κ1) is 73.9. The van der Waals surface area contributed by atoms with Gasteiger partial charge < -0.3 is 14.2 Å². The average Bonchev–Trinajstić information content (AvgIpc) is 3.42. The van der Waals surface area contributed by atoms with Crippen LogP contribution in [0.25, 0.3) is 0 Å². The third-order valence-electron chi connectivity index (χ3n) is 15.7. The number of allylic oxidation sites excluding steroid dienone is 4. The van der Waals surface area contributed by atoms with E-state index in [1.165, 1.54) is 283 Å². The van der Waals surface area contributed by atoms with Crippen molar-refractivity contribution in [3.8, 4) is 0 Å². The number of rotatable bonds is 64. The zero-order valence-corrected chi connectivity index (χ0v) is 51.6. The van der Waals surface area contributed by atoms with Crippen LogP contribution in [0.1, 0.15) is 387 Å². The molecule has 0 aliphatic carbocycles. The van der Waals surface area contributed by atoms with E-state index < -0.39 is 6.10 Å². The molecule has 76 heavy (non-hydrogen) atoms. The maximum absolute atomic E-state index is 12.9. The van der Waals surface area contributed by atoms with E-state index in [1.54, 1.807) is 0 Å². The van der Waals surface area contributed by atoms with E-state index in [0.717, 1.165) is 64.2 Å². The monoisotopic (exact) mass is 1070 g/mol. The molecule has 0 N–H and O–H groups in total. The molecule has 0 aliphatic heterocycles. The van der Waals surface area contributed by atoms with Crippen LogP contribution in [-0.2, 0) is 28.6 Å². The van der Waals surface area contributed by atoms with Crippen LogP contribution < -0.4 is 0 Å². The summed E-state index contributed by atoms with van der Waals surface area (Å²) in [7, 11) is 0. The van der Waals surface area contributed by atoms with Crippen LogP contribution >= 0.6 is 0 Å². The fourth-order valence-corrected chi connectivity index (χ4v) is 10.5. The standard InChI is InChI=1S/C70H132O6/c1-4-7-10-13-16-18-20-22-24-26-28-30-32-34-35-37-38-40-42-44-46-48-50-52-54-57-60-63-69(72)75-66-67(65-74-68(71)62-59-56-15-12-9-6-3)76-70(73)64-61-58-55-53-51-49-47-45-43-41-39-36-33-31-29-27-25-23-21-19-17-14-11-8-5-2/h21,23,27,29,67H,4-20,22,24-26,28,30-66H2,1-3H3/b23-21-,29-27-. The Morgan fingerprint density at radius 2 is 0.474 bits per heavy atom. The molecule has 0 spiro atoms.